The largest absolute Gasteiger partial charge is 0.374 e. The minimum atomic E-state index is 0.0746. The van der Waals surface area contributed by atoms with Crippen molar-refractivity contribution < 1.29 is 4.79 Å². The van der Waals surface area contributed by atoms with Gasteiger partial charge in [0.05, 0.1) is 0 Å². The Morgan fingerprint density at radius 2 is 1.94 bits per heavy atom. The fourth-order valence-electron chi connectivity index (χ4n) is 1.66. The average molecular weight is 249 g/mol. The molecule has 0 fully saturated rings. The Hall–Kier alpha value is -1.55. The van der Waals surface area contributed by atoms with E-state index in [4.69, 9.17) is 0 Å². The van der Waals surface area contributed by atoms with Crippen molar-refractivity contribution >= 4 is 11.6 Å². The van der Waals surface area contributed by atoms with E-state index < -0.39 is 0 Å². The van der Waals surface area contributed by atoms with E-state index in [1.54, 1.807) is 7.05 Å². The van der Waals surface area contributed by atoms with Crippen molar-refractivity contribution in [1.82, 2.24) is 10.6 Å². The van der Waals surface area contributed by atoms with E-state index >= 15 is 0 Å². The lowest BCUT2D eigenvalue weighted by Crippen LogP contribution is -2.26. The third-order valence-corrected chi connectivity index (χ3v) is 2.91. The summed E-state index contributed by atoms with van der Waals surface area (Å²) >= 11 is 0. The van der Waals surface area contributed by atoms with Crippen LogP contribution in [0.5, 0.6) is 0 Å². The molecular weight excluding hydrogens is 226 g/mol. The third-order valence-electron chi connectivity index (χ3n) is 2.91. The lowest BCUT2D eigenvalue weighted by Gasteiger charge is -2.19. The molecule has 0 bridgehead atoms. The second kappa shape index (κ2) is 7.71. The Bertz CT molecular complexity index is 362. The first-order chi connectivity index (χ1) is 8.67. The van der Waals surface area contributed by atoms with Gasteiger partial charge in [0.25, 0.3) is 0 Å². The Kier molecular flexibility index (Phi) is 6.22. The zero-order chi connectivity index (χ0) is 13.4. The third kappa shape index (κ3) is 4.75. The highest BCUT2D eigenvalue weighted by Gasteiger charge is 2.04. The maximum atomic E-state index is 11.2. The second-order valence-corrected chi connectivity index (χ2v) is 4.29. The minimum Gasteiger partial charge on any atom is -0.374 e. The van der Waals surface area contributed by atoms with Gasteiger partial charge in [-0.05, 0) is 24.2 Å². The molecule has 0 heterocycles. The van der Waals surface area contributed by atoms with Crippen LogP contribution in [0.4, 0.5) is 5.69 Å². The molecule has 1 aromatic rings. The fraction of sp³-hybridized carbons (Fsp3) is 0.500. The summed E-state index contributed by atoms with van der Waals surface area (Å²) in [7, 11) is 3.67. The van der Waals surface area contributed by atoms with Crippen LogP contribution in [-0.4, -0.2) is 33.1 Å². The second-order valence-electron chi connectivity index (χ2n) is 4.29. The zero-order valence-corrected chi connectivity index (χ0v) is 11.5. The molecule has 18 heavy (non-hydrogen) atoms. The van der Waals surface area contributed by atoms with Gasteiger partial charge in [-0.3, -0.25) is 4.79 Å². The Morgan fingerprint density at radius 3 is 2.50 bits per heavy atom. The van der Waals surface area contributed by atoms with E-state index in [0.717, 1.165) is 25.3 Å². The van der Waals surface area contributed by atoms with Gasteiger partial charge in [0, 0.05) is 39.3 Å². The lowest BCUT2D eigenvalue weighted by molar-refractivity contribution is -0.120. The Labute approximate surface area is 109 Å². The molecule has 0 aliphatic rings. The molecule has 100 valence electrons. The Morgan fingerprint density at radius 1 is 1.28 bits per heavy atom. The van der Waals surface area contributed by atoms with Crippen molar-refractivity contribution in [3.63, 3.8) is 0 Å². The van der Waals surface area contributed by atoms with E-state index in [2.05, 4.69) is 46.7 Å². The van der Waals surface area contributed by atoms with Crippen molar-refractivity contribution in [2.75, 3.05) is 32.1 Å². The van der Waals surface area contributed by atoms with Crippen molar-refractivity contribution in [2.24, 2.45) is 0 Å². The summed E-state index contributed by atoms with van der Waals surface area (Å²) in [6.45, 7) is 4.71. The van der Waals surface area contributed by atoms with Crippen LogP contribution in [0.2, 0.25) is 0 Å². The van der Waals surface area contributed by atoms with Gasteiger partial charge in [-0.1, -0.05) is 19.1 Å². The van der Waals surface area contributed by atoms with Gasteiger partial charge in [-0.15, -0.1) is 0 Å². The van der Waals surface area contributed by atoms with Crippen molar-refractivity contribution in [3.8, 4) is 0 Å². The maximum Gasteiger partial charge on any atom is 0.221 e. The molecule has 1 rings (SSSR count). The first-order valence-electron chi connectivity index (χ1n) is 6.38. The first kappa shape index (κ1) is 14.5. The van der Waals surface area contributed by atoms with E-state index in [9.17, 15) is 4.79 Å². The van der Waals surface area contributed by atoms with Gasteiger partial charge < -0.3 is 15.5 Å². The highest BCUT2D eigenvalue weighted by molar-refractivity contribution is 5.76. The van der Waals surface area contributed by atoms with Crippen LogP contribution in [0.1, 0.15) is 18.9 Å². The molecule has 0 saturated heterocycles. The van der Waals surface area contributed by atoms with Gasteiger partial charge in [-0.2, -0.15) is 0 Å². The molecule has 4 nitrogen and oxygen atoms in total. The summed E-state index contributed by atoms with van der Waals surface area (Å²) in [5.41, 5.74) is 2.42. The molecule has 0 aliphatic carbocycles. The molecular formula is C14H23N3O. The number of carbonyl (C=O) groups is 1. The quantitative estimate of drug-likeness (QED) is 0.767. The predicted octanol–water partition coefficient (Wildman–Crippen LogP) is 1.37. The summed E-state index contributed by atoms with van der Waals surface area (Å²) in [5, 5.41) is 5.92. The van der Waals surface area contributed by atoms with Crippen LogP contribution in [0.15, 0.2) is 24.3 Å². The average Bonchev–Trinajstić information content (AvgIpc) is 2.42. The molecule has 0 aliphatic heterocycles. The van der Waals surface area contributed by atoms with Crippen LogP contribution in [0.25, 0.3) is 0 Å². The van der Waals surface area contributed by atoms with Crippen LogP contribution < -0.4 is 15.5 Å². The van der Waals surface area contributed by atoms with E-state index in [1.807, 2.05) is 7.05 Å². The molecule has 0 atom stereocenters. The minimum absolute atomic E-state index is 0.0746. The number of hydrogen-bond acceptors (Lipinski definition) is 3. The standard InChI is InChI=1S/C14H23N3O/c1-4-16-11-12-5-7-13(8-6-12)17(3)10-9-14(18)15-2/h5-8,16H,4,9-11H2,1-3H3,(H,15,18). The topological polar surface area (TPSA) is 44.4 Å². The van der Waals surface area contributed by atoms with E-state index in [1.165, 1.54) is 5.56 Å². The van der Waals surface area contributed by atoms with Crippen LogP contribution in [0, 0.1) is 0 Å². The highest BCUT2D eigenvalue weighted by Crippen LogP contribution is 2.13. The number of anilines is 1. The summed E-state index contributed by atoms with van der Waals surface area (Å²) < 4.78 is 0. The van der Waals surface area contributed by atoms with Gasteiger partial charge in [0.2, 0.25) is 5.91 Å². The van der Waals surface area contributed by atoms with Crippen LogP contribution >= 0.6 is 0 Å². The normalized spacial score (nSPS) is 10.2. The van der Waals surface area contributed by atoms with Crippen molar-refractivity contribution in [2.45, 2.75) is 19.9 Å². The molecule has 0 unspecified atom stereocenters. The monoisotopic (exact) mass is 249 g/mol. The smallest absolute Gasteiger partial charge is 0.221 e. The molecule has 0 spiro atoms. The fourth-order valence-corrected chi connectivity index (χ4v) is 1.66. The molecule has 0 saturated carbocycles. The maximum absolute atomic E-state index is 11.2. The van der Waals surface area contributed by atoms with Gasteiger partial charge >= 0.3 is 0 Å². The summed E-state index contributed by atoms with van der Waals surface area (Å²) in [5.74, 6) is 0.0746. The van der Waals surface area contributed by atoms with Gasteiger partial charge in [0.1, 0.15) is 0 Å². The number of amides is 1. The first-order valence-corrected chi connectivity index (χ1v) is 6.38. The lowest BCUT2D eigenvalue weighted by atomic mass is 10.2. The molecule has 4 heteroatoms. The number of nitrogens with zero attached hydrogens (tertiary/aromatic N) is 1. The SMILES string of the molecule is CCNCc1ccc(N(C)CCC(=O)NC)cc1. The Balaban J connectivity index is 2.48. The molecule has 1 amide bonds. The molecule has 2 N–H and O–H groups in total. The molecule has 0 aromatic heterocycles. The summed E-state index contributed by atoms with van der Waals surface area (Å²) in [6, 6.07) is 8.43. The van der Waals surface area contributed by atoms with Gasteiger partial charge in [-0.25, -0.2) is 0 Å². The van der Waals surface area contributed by atoms with Crippen LogP contribution in [-0.2, 0) is 11.3 Å². The number of nitrogens with one attached hydrogen (secondary N) is 2. The molecule has 0 radical (unpaired) electrons. The van der Waals surface area contributed by atoms with E-state index in [0.29, 0.717) is 6.42 Å². The summed E-state index contributed by atoms with van der Waals surface area (Å²) in [4.78, 5) is 13.3. The number of benzene rings is 1. The number of hydrogen-bond donors (Lipinski definition) is 2. The number of rotatable bonds is 7. The van der Waals surface area contributed by atoms with Crippen molar-refractivity contribution in [3.05, 3.63) is 29.8 Å². The van der Waals surface area contributed by atoms with Gasteiger partial charge in [0.15, 0.2) is 0 Å². The zero-order valence-electron chi connectivity index (χ0n) is 11.5. The van der Waals surface area contributed by atoms with Crippen LogP contribution in [0.3, 0.4) is 0 Å². The van der Waals surface area contributed by atoms with E-state index in [-0.39, 0.29) is 5.91 Å². The summed E-state index contributed by atoms with van der Waals surface area (Å²) in [6.07, 6.45) is 0.520. The molecule has 1 aromatic carbocycles. The predicted molar refractivity (Wildman–Crippen MR) is 75.8 cm³/mol. The van der Waals surface area contributed by atoms with Crippen molar-refractivity contribution in [1.29, 1.82) is 0 Å². The highest BCUT2D eigenvalue weighted by atomic mass is 16.1. The number of carbonyl (C=O) groups excluding carboxylic acids is 1.